The van der Waals surface area contributed by atoms with Crippen LogP contribution >= 0.6 is 0 Å². The fourth-order valence-electron chi connectivity index (χ4n) is 3.04. The molecule has 0 saturated carbocycles. The Morgan fingerprint density at radius 1 is 1.20 bits per heavy atom. The van der Waals surface area contributed by atoms with Gasteiger partial charge in [0.05, 0.1) is 18.5 Å². The second-order valence-electron chi connectivity index (χ2n) is 7.32. The molecule has 30 heavy (non-hydrogen) atoms. The zero-order valence-electron chi connectivity index (χ0n) is 18.3. The number of benzene rings is 1. The second-order valence-corrected chi connectivity index (χ2v) is 7.32. The average molecular weight is 410 g/mol. The van der Waals surface area contributed by atoms with Crippen LogP contribution in [0.1, 0.15) is 49.3 Å². The molecule has 1 heterocycles. The predicted octanol–water partition coefficient (Wildman–Crippen LogP) is 5.49. The van der Waals surface area contributed by atoms with Gasteiger partial charge in [-0.05, 0) is 76.2 Å². The quantitative estimate of drug-likeness (QED) is 0.373. The lowest BCUT2D eigenvalue weighted by atomic mass is 9.93. The van der Waals surface area contributed by atoms with Crippen LogP contribution in [0.4, 0.5) is 4.39 Å². The molecule has 0 amide bonds. The highest BCUT2D eigenvalue weighted by atomic mass is 19.1. The minimum atomic E-state index is -0.928. The number of aliphatic imine (C=N–C) groups is 1. The SMILES string of the molecule is C=N/C(=C\C=C(/C)C(O)c1cc(-c2ncnc(C=C(C)C)c2C)c(F)cc1C)OC. The number of aromatic nitrogens is 2. The van der Waals surface area contributed by atoms with Gasteiger partial charge in [-0.2, -0.15) is 0 Å². The Hall–Kier alpha value is -3.12. The minimum Gasteiger partial charge on any atom is -0.481 e. The summed E-state index contributed by atoms with van der Waals surface area (Å²) in [4.78, 5) is 12.3. The highest BCUT2D eigenvalue weighted by Crippen LogP contribution is 2.33. The van der Waals surface area contributed by atoms with Crippen LogP contribution in [0.3, 0.4) is 0 Å². The van der Waals surface area contributed by atoms with Gasteiger partial charge in [0.1, 0.15) is 18.2 Å². The molecule has 2 rings (SSSR count). The third-order valence-corrected chi connectivity index (χ3v) is 4.74. The molecule has 0 saturated heterocycles. The average Bonchev–Trinajstić information content (AvgIpc) is 2.70. The first-order valence-electron chi connectivity index (χ1n) is 9.53. The molecule has 0 aliphatic carbocycles. The molecule has 1 atom stereocenters. The summed E-state index contributed by atoms with van der Waals surface area (Å²) in [6.45, 7) is 12.8. The lowest BCUT2D eigenvalue weighted by Crippen LogP contribution is -2.05. The summed E-state index contributed by atoms with van der Waals surface area (Å²) in [7, 11) is 1.49. The van der Waals surface area contributed by atoms with Crippen LogP contribution in [0.2, 0.25) is 0 Å². The summed E-state index contributed by atoms with van der Waals surface area (Å²) in [5.41, 5.74) is 5.33. The maximum atomic E-state index is 14.9. The Labute approximate surface area is 177 Å². The van der Waals surface area contributed by atoms with E-state index in [2.05, 4.69) is 21.7 Å². The second kappa shape index (κ2) is 10.1. The lowest BCUT2D eigenvalue weighted by Gasteiger charge is -2.17. The normalized spacial score (nSPS) is 13.1. The first kappa shape index (κ1) is 23.2. The Kier molecular flexibility index (Phi) is 7.78. The summed E-state index contributed by atoms with van der Waals surface area (Å²) >= 11 is 0. The van der Waals surface area contributed by atoms with Crippen LogP contribution < -0.4 is 0 Å². The van der Waals surface area contributed by atoms with Crippen molar-refractivity contribution in [3.8, 4) is 11.3 Å². The Bertz CT molecular complexity index is 1030. The van der Waals surface area contributed by atoms with E-state index < -0.39 is 11.9 Å². The first-order valence-corrected chi connectivity index (χ1v) is 9.53. The van der Waals surface area contributed by atoms with Gasteiger partial charge in [0.25, 0.3) is 0 Å². The summed E-state index contributed by atoms with van der Waals surface area (Å²) in [6, 6.07) is 3.08. The van der Waals surface area contributed by atoms with Gasteiger partial charge in [0, 0.05) is 17.2 Å². The van der Waals surface area contributed by atoms with Crippen molar-refractivity contribution in [2.75, 3.05) is 7.11 Å². The summed E-state index contributed by atoms with van der Waals surface area (Å²) in [5.74, 6) is -0.0612. The van der Waals surface area contributed by atoms with Gasteiger partial charge in [0.2, 0.25) is 5.88 Å². The van der Waals surface area contributed by atoms with E-state index in [1.807, 2.05) is 26.8 Å². The maximum absolute atomic E-state index is 14.9. The van der Waals surface area contributed by atoms with Gasteiger partial charge in [0.15, 0.2) is 0 Å². The van der Waals surface area contributed by atoms with Crippen molar-refractivity contribution in [3.05, 3.63) is 75.8 Å². The van der Waals surface area contributed by atoms with Crippen molar-refractivity contribution in [2.24, 2.45) is 4.99 Å². The zero-order chi connectivity index (χ0) is 22.4. The van der Waals surface area contributed by atoms with E-state index >= 15 is 0 Å². The fraction of sp³-hybridized carbons (Fsp3) is 0.292. The molecule has 0 aliphatic rings. The number of rotatable bonds is 7. The zero-order valence-corrected chi connectivity index (χ0v) is 18.3. The number of hydrogen-bond acceptors (Lipinski definition) is 5. The third-order valence-electron chi connectivity index (χ3n) is 4.74. The van der Waals surface area contributed by atoms with Crippen LogP contribution in [0, 0.1) is 19.7 Å². The standard InChI is InChI=1S/C24H28FN3O2/c1-14(2)10-21-17(5)23(28-13-27-21)19-12-18(16(4)11-20(19)25)24(29)15(3)8-9-22(26-6)30-7/h8-13,24,29H,6H2,1-5,7H3/b15-8+,22-9+. The van der Waals surface area contributed by atoms with E-state index in [-0.39, 0.29) is 0 Å². The molecule has 0 fully saturated rings. The molecule has 0 aliphatic heterocycles. The fourth-order valence-corrected chi connectivity index (χ4v) is 3.04. The third kappa shape index (κ3) is 5.27. The number of hydrogen-bond donors (Lipinski definition) is 1. The van der Waals surface area contributed by atoms with Crippen LogP contribution in [-0.4, -0.2) is 28.9 Å². The van der Waals surface area contributed by atoms with E-state index in [0.29, 0.717) is 33.8 Å². The maximum Gasteiger partial charge on any atom is 0.212 e. The summed E-state index contributed by atoms with van der Waals surface area (Å²) in [5, 5.41) is 10.9. The minimum absolute atomic E-state index is 0.326. The van der Waals surface area contributed by atoms with Crippen molar-refractivity contribution in [1.29, 1.82) is 0 Å². The summed E-state index contributed by atoms with van der Waals surface area (Å²) < 4.78 is 19.9. The molecular formula is C24H28FN3O2. The van der Waals surface area contributed by atoms with Crippen molar-refractivity contribution < 1.29 is 14.2 Å². The Morgan fingerprint density at radius 3 is 2.50 bits per heavy atom. The molecule has 0 bridgehead atoms. The molecule has 1 N–H and O–H groups in total. The molecule has 1 unspecified atom stereocenters. The molecule has 158 valence electrons. The molecule has 0 radical (unpaired) electrons. The van der Waals surface area contributed by atoms with Crippen molar-refractivity contribution in [1.82, 2.24) is 9.97 Å². The number of aliphatic hydroxyl groups excluding tert-OH is 1. The Balaban J connectivity index is 2.57. The smallest absolute Gasteiger partial charge is 0.212 e. The predicted molar refractivity (Wildman–Crippen MR) is 120 cm³/mol. The van der Waals surface area contributed by atoms with Gasteiger partial charge < -0.3 is 9.84 Å². The monoisotopic (exact) mass is 409 g/mol. The molecule has 6 heteroatoms. The van der Waals surface area contributed by atoms with Crippen LogP contribution in [0.15, 0.2) is 52.6 Å². The molecule has 1 aromatic carbocycles. The van der Waals surface area contributed by atoms with E-state index in [0.717, 1.165) is 16.8 Å². The molecule has 0 spiro atoms. The number of nitrogens with zero attached hydrogens (tertiary/aromatic N) is 3. The molecule has 1 aromatic heterocycles. The topological polar surface area (TPSA) is 67.6 Å². The molecule has 2 aromatic rings. The number of methoxy groups -OCH3 is 1. The number of aliphatic hydroxyl groups is 1. The van der Waals surface area contributed by atoms with Crippen molar-refractivity contribution in [2.45, 2.75) is 40.7 Å². The van der Waals surface area contributed by atoms with Gasteiger partial charge in [-0.1, -0.05) is 11.6 Å². The van der Waals surface area contributed by atoms with E-state index in [4.69, 9.17) is 4.74 Å². The van der Waals surface area contributed by atoms with E-state index in [1.54, 1.807) is 32.1 Å². The lowest BCUT2D eigenvalue weighted by molar-refractivity contribution is 0.215. The largest absolute Gasteiger partial charge is 0.481 e. The van der Waals surface area contributed by atoms with Gasteiger partial charge >= 0.3 is 0 Å². The molecule has 5 nitrogen and oxygen atoms in total. The van der Waals surface area contributed by atoms with Crippen LogP contribution in [0.5, 0.6) is 0 Å². The number of aryl methyl sites for hydroxylation is 1. The van der Waals surface area contributed by atoms with Crippen LogP contribution in [-0.2, 0) is 4.74 Å². The van der Waals surface area contributed by atoms with Gasteiger partial charge in [-0.15, -0.1) is 0 Å². The van der Waals surface area contributed by atoms with Gasteiger partial charge in [-0.3, -0.25) is 0 Å². The summed E-state index contributed by atoms with van der Waals surface area (Å²) in [6.07, 6.45) is 5.75. The Morgan fingerprint density at radius 2 is 1.90 bits per heavy atom. The molecular weight excluding hydrogens is 381 g/mol. The number of ether oxygens (including phenoxy) is 1. The highest BCUT2D eigenvalue weighted by Gasteiger charge is 2.19. The van der Waals surface area contributed by atoms with E-state index in [9.17, 15) is 9.50 Å². The number of allylic oxidation sites excluding steroid dienone is 3. The van der Waals surface area contributed by atoms with Gasteiger partial charge in [-0.25, -0.2) is 19.4 Å². The van der Waals surface area contributed by atoms with E-state index in [1.165, 1.54) is 19.5 Å². The number of halogens is 1. The van der Waals surface area contributed by atoms with Crippen LogP contribution in [0.25, 0.3) is 17.3 Å². The highest BCUT2D eigenvalue weighted by molar-refractivity contribution is 5.69. The van der Waals surface area contributed by atoms with Crippen molar-refractivity contribution in [3.63, 3.8) is 0 Å². The first-order chi connectivity index (χ1) is 14.2. The van der Waals surface area contributed by atoms with Crippen molar-refractivity contribution >= 4 is 12.8 Å².